The third-order valence-corrected chi connectivity index (χ3v) is 4.31. The van der Waals surface area contributed by atoms with Gasteiger partial charge in [-0.15, -0.1) is 0 Å². The molecule has 3 aromatic rings. The average molecular weight is 422 g/mol. The average Bonchev–Trinajstić information content (AvgIpc) is 2.74. The molecule has 0 aliphatic carbocycles. The summed E-state index contributed by atoms with van der Waals surface area (Å²) in [5, 5.41) is 17.5. The first-order chi connectivity index (χ1) is 14.8. The van der Waals surface area contributed by atoms with Gasteiger partial charge in [0.2, 0.25) is 0 Å². The number of amides is 1. The number of nitro groups is 1. The number of benzene rings is 2. The highest BCUT2D eigenvalue weighted by atomic mass is 16.6. The van der Waals surface area contributed by atoms with Crippen molar-refractivity contribution in [1.82, 2.24) is 9.78 Å². The summed E-state index contributed by atoms with van der Waals surface area (Å²) in [5.74, 6) is -1.48. The van der Waals surface area contributed by atoms with Crippen LogP contribution in [-0.4, -0.2) is 33.2 Å². The second-order valence-electron chi connectivity index (χ2n) is 6.43. The number of carbonyl (C=O) groups excluding carboxylic acids is 2. The van der Waals surface area contributed by atoms with Crippen LogP contribution in [0.5, 0.6) is 0 Å². The molecule has 1 aromatic heterocycles. The monoisotopic (exact) mass is 422 g/mol. The predicted octanol–water partition coefficient (Wildman–Crippen LogP) is 2.88. The van der Waals surface area contributed by atoms with E-state index in [4.69, 9.17) is 4.74 Å². The fourth-order valence-electron chi connectivity index (χ4n) is 2.85. The molecule has 0 spiro atoms. The molecular weight excluding hydrogens is 404 g/mol. The number of nitrogens with one attached hydrogen (secondary N) is 1. The fourth-order valence-corrected chi connectivity index (χ4v) is 2.85. The van der Waals surface area contributed by atoms with Crippen molar-refractivity contribution in [2.45, 2.75) is 13.8 Å². The van der Waals surface area contributed by atoms with Gasteiger partial charge in [-0.1, -0.05) is 18.2 Å². The topological polar surface area (TPSA) is 133 Å². The normalized spacial score (nSPS) is 10.4. The smallest absolute Gasteiger partial charge is 0.360 e. The molecule has 0 radical (unpaired) electrons. The molecular formula is C21H18N4O6. The quantitative estimate of drug-likeness (QED) is 0.367. The maximum Gasteiger partial charge on any atom is 0.360 e. The highest BCUT2D eigenvalue weighted by Crippen LogP contribution is 2.20. The van der Waals surface area contributed by atoms with Crippen LogP contribution in [-0.2, 0) is 4.74 Å². The molecule has 0 saturated heterocycles. The Morgan fingerprint density at radius 3 is 2.48 bits per heavy atom. The summed E-state index contributed by atoms with van der Waals surface area (Å²) in [7, 11) is 0. The van der Waals surface area contributed by atoms with Gasteiger partial charge in [0.25, 0.3) is 17.2 Å². The second-order valence-corrected chi connectivity index (χ2v) is 6.43. The summed E-state index contributed by atoms with van der Waals surface area (Å²) in [6, 6.07) is 13.4. The van der Waals surface area contributed by atoms with Crippen molar-refractivity contribution < 1.29 is 19.2 Å². The number of para-hydroxylation sites is 1. The zero-order chi connectivity index (χ0) is 22.5. The first kappa shape index (κ1) is 21.4. The van der Waals surface area contributed by atoms with E-state index in [9.17, 15) is 24.5 Å². The lowest BCUT2D eigenvalue weighted by molar-refractivity contribution is -0.385. The van der Waals surface area contributed by atoms with E-state index in [1.165, 1.54) is 25.1 Å². The second kappa shape index (κ2) is 8.99. The van der Waals surface area contributed by atoms with E-state index < -0.39 is 22.4 Å². The molecule has 0 bridgehead atoms. The van der Waals surface area contributed by atoms with Gasteiger partial charge in [-0.05, 0) is 38.1 Å². The molecule has 10 heteroatoms. The Morgan fingerprint density at radius 2 is 1.87 bits per heavy atom. The maximum absolute atomic E-state index is 12.7. The van der Waals surface area contributed by atoms with Crippen molar-refractivity contribution in [3.05, 3.63) is 91.9 Å². The Hall–Kier alpha value is -4.34. The largest absolute Gasteiger partial charge is 0.461 e. The lowest BCUT2D eigenvalue weighted by Crippen LogP contribution is -2.27. The van der Waals surface area contributed by atoms with Crippen LogP contribution >= 0.6 is 0 Å². The van der Waals surface area contributed by atoms with Crippen molar-refractivity contribution >= 4 is 23.3 Å². The minimum Gasteiger partial charge on any atom is -0.461 e. The van der Waals surface area contributed by atoms with Gasteiger partial charge in [-0.2, -0.15) is 9.78 Å². The van der Waals surface area contributed by atoms with Crippen LogP contribution in [0.1, 0.15) is 33.3 Å². The number of aromatic nitrogens is 2. The highest BCUT2D eigenvalue weighted by molar-refractivity contribution is 6.07. The van der Waals surface area contributed by atoms with E-state index in [0.717, 1.165) is 10.7 Å². The van der Waals surface area contributed by atoms with Gasteiger partial charge in [0.05, 0.1) is 22.9 Å². The van der Waals surface area contributed by atoms with Crippen LogP contribution < -0.4 is 10.9 Å². The number of hydrogen-bond acceptors (Lipinski definition) is 7. The van der Waals surface area contributed by atoms with Gasteiger partial charge in [-0.3, -0.25) is 19.7 Å². The molecule has 1 amide bonds. The van der Waals surface area contributed by atoms with E-state index >= 15 is 0 Å². The molecule has 1 heterocycles. The molecule has 158 valence electrons. The van der Waals surface area contributed by atoms with Crippen molar-refractivity contribution in [1.29, 1.82) is 0 Å². The van der Waals surface area contributed by atoms with Crippen LogP contribution in [0.2, 0.25) is 0 Å². The van der Waals surface area contributed by atoms with Crippen molar-refractivity contribution in [3.63, 3.8) is 0 Å². The third-order valence-electron chi connectivity index (χ3n) is 4.31. The summed E-state index contributed by atoms with van der Waals surface area (Å²) >= 11 is 0. The molecule has 0 fully saturated rings. The standard InChI is InChI=1S/C21H18N4O6/c1-3-31-21(28)19-16(12-18(26)24(23-19)15-7-5-4-6-8-15)22-20(27)14-9-10-17(25(29)30)13(2)11-14/h4-12H,3H2,1-2H3,(H,22,27). The zero-order valence-electron chi connectivity index (χ0n) is 16.7. The summed E-state index contributed by atoms with van der Waals surface area (Å²) in [6.45, 7) is 3.19. The number of ether oxygens (including phenoxy) is 1. The Labute approximate surface area is 176 Å². The highest BCUT2D eigenvalue weighted by Gasteiger charge is 2.21. The predicted molar refractivity (Wildman–Crippen MR) is 112 cm³/mol. The Kier molecular flexibility index (Phi) is 6.20. The van der Waals surface area contributed by atoms with Crippen LogP contribution in [0.4, 0.5) is 11.4 Å². The molecule has 0 aliphatic rings. The fraction of sp³-hybridized carbons (Fsp3) is 0.143. The number of aryl methyl sites for hydroxylation is 1. The van der Waals surface area contributed by atoms with E-state index in [-0.39, 0.29) is 29.2 Å². The van der Waals surface area contributed by atoms with E-state index in [1.54, 1.807) is 37.3 Å². The van der Waals surface area contributed by atoms with Crippen LogP contribution in [0.3, 0.4) is 0 Å². The van der Waals surface area contributed by atoms with Gasteiger partial charge >= 0.3 is 5.97 Å². The summed E-state index contributed by atoms with van der Waals surface area (Å²) < 4.78 is 6.03. The van der Waals surface area contributed by atoms with Crippen molar-refractivity contribution in [2.24, 2.45) is 0 Å². The van der Waals surface area contributed by atoms with Crippen molar-refractivity contribution in [2.75, 3.05) is 11.9 Å². The number of carbonyl (C=O) groups is 2. The Balaban J connectivity index is 2.02. The summed E-state index contributed by atoms with van der Waals surface area (Å²) in [6.07, 6.45) is 0. The molecule has 3 rings (SSSR count). The minimum absolute atomic E-state index is 0.0694. The zero-order valence-corrected chi connectivity index (χ0v) is 16.7. The first-order valence-electron chi connectivity index (χ1n) is 9.25. The van der Waals surface area contributed by atoms with Gasteiger partial charge in [0.15, 0.2) is 5.69 Å². The number of hydrogen-bond donors (Lipinski definition) is 1. The van der Waals surface area contributed by atoms with Crippen LogP contribution in [0.25, 0.3) is 5.69 Å². The summed E-state index contributed by atoms with van der Waals surface area (Å²) in [5.41, 5.74) is -0.243. The maximum atomic E-state index is 12.7. The Morgan fingerprint density at radius 1 is 1.16 bits per heavy atom. The molecule has 10 nitrogen and oxygen atoms in total. The first-order valence-corrected chi connectivity index (χ1v) is 9.25. The number of esters is 1. The van der Waals surface area contributed by atoms with Crippen molar-refractivity contribution in [3.8, 4) is 5.69 Å². The summed E-state index contributed by atoms with van der Waals surface area (Å²) in [4.78, 5) is 48.1. The molecule has 0 saturated carbocycles. The third kappa shape index (κ3) is 4.64. The minimum atomic E-state index is -0.817. The van der Waals surface area contributed by atoms with Crippen LogP contribution in [0, 0.1) is 17.0 Å². The van der Waals surface area contributed by atoms with Gasteiger partial charge < -0.3 is 10.1 Å². The molecule has 0 unspecified atom stereocenters. The number of rotatable bonds is 6. The molecule has 2 aromatic carbocycles. The number of anilines is 1. The van der Waals surface area contributed by atoms with Gasteiger partial charge in [0.1, 0.15) is 0 Å². The van der Waals surface area contributed by atoms with Gasteiger partial charge in [0, 0.05) is 23.3 Å². The van der Waals surface area contributed by atoms with Crippen LogP contribution in [0.15, 0.2) is 59.4 Å². The SMILES string of the molecule is CCOC(=O)c1nn(-c2ccccc2)c(=O)cc1NC(=O)c1ccc([N+](=O)[O-])c(C)c1. The number of nitrogens with zero attached hydrogens (tertiary/aromatic N) is 3. The number of nitro benzene ring substituents is 1. The van der Waals surface area contributed by atoms with E-state index in [2.05, 4.69) is 10.4 Å². The van der Waals surface area contributed by atoms with E-state index in [0.29, 0.717) is 11.3 Å². The lowest BCUT2D eigenvalue weighted by atomic mass is 10.1. The van der Waals surface area contributed by atoms with Gasteiger partial charge in [-0.25, -0.2) is 4.79 Å². The Bertz CT molecular complexity index is 1220. The molecule has 0 aliphatic heterocycles. The lowest BCUT2D eigenvalue weighted by Gasteiger charge is -2.12. The van der Waals surface area contributed by atoms with E-state index in [1.807, 2.05) is 0 Å². The molecule has 31 heavy (non-hydrogen) atoms. The molecule has 0 atom stereocenters. The molecule has 1 N–H and O–H groups in total.